The number of rotatable bonds is 9. The van der Waals surface area contributed by atoms with Crippen LogP contribution in [0.5, 0.6) is 0 Å². The number of Topliss-reactive ketones (excluding diaryl/α,β-unsaturated/α-hetero) is 1. The van der Waals surface area contributed by atoms with Crippen LogP contribution in [-0.2, 0) is 17.8 Å². The van der Waals surface area contributed by atoms with Crippen LogP contribution in [0, 0.1) is 5.92 Å². The topological polar surface area (TPSA) is 29.1 Å². The number of hydrogen-bond acceptors (Lipinski definition) is 3. The minimum absolute atomic E-state index is 0.440. The Morgan fingerprint density at radius 3 is 2.95 bits per heavy atom. The lowest BCUT2D eigenvalue weighted by atomic mass is 9.94. The quantitative estimate of drug-likeness (QED) is 0.674. The molecule has 1 unspecified atom stereocenters. The third-order valence-electron chi connectivity index (χ3n) is 4.50. The highest BCUT2D eigenvalue weighted by Crippen LogP contribution is 2.25. The van der Waals surface area contributed by atoms with Gasteiger partial charge in [0.1, 0.15) is 5.78 Å². The Balaban J connectivity index is 1.75. The molecule has 1 heterocycles. The van der Waals surface area contributed by atoms with Crippen LogP contribution in [0.25, 0.3) is 0 Å². The number of carbonyl (C=O) groups is 1. The predicted molar refractivity (Wildman–Crippen MR) is 95.5 cm³/mol. The zero-order valence-electron chi connectivity index (χ0n) is 14.0. The molecule has 1 aromatic rings. The molecule has 1 atom stereocenters. The summed E-state index contributed by atoms with van der Waals surface area (Å²) in [6.45, 7) is 6.48. The van der Waals surface area contributed by atoms with Gasteiger partial charge in [-0.05, 0) is 42.1 Å². The van der Waals surface area contributed by atoms with Crippen molar-refractivity contribution in [1.82, 2.24) is 5.32 Å². The molecule has 0 bridgehead atoms. The highest BCUT2D eigenvalue weighted by Gasteiger charge is 2.12. The van der Waals surface area contributed by atoms with Crippen LogP contribution >= 0.6 is 11.8 Å². The van der Waals surface area contributed by atoms with E-state index >= 15 is 0 Å². The first-order valence-electron chi connectivity index (χ1n) is 8.70. The minimum Gasteiger partial charge on any atom is -0.312 e. The van der Waals surface area contributed by atoms with E-state index in [4.69, 9.17) is 0 Å². The maximum atomic E-state index is 12.1. The lowest BCUT2D eigenvalue weighted by molar-refractivity contribution is -0.119. The Labute approximate surface area is 139 Å². The number of ketones is 1. The van der Waals surface area contributed by atoms with Crippen molar-refractivity contribution in [2.45, 2.75) is 63.8 Å². The van der Waals surface area contributed by atoms with Gasteiger partial charge in [-0.2, -0.15) is 0 Å². The number of carbonyl (C=O) groups excluding carboxylic acids is 1. The highest BCUT2D eigenvalue weighted by atomic mass is 32.2. The maximum absolute atomic E-state index is 12.1. The van der Waals surface area contributed by atoms with Crippen LogP contribution in [0.2, 0.25) is 0 Å². The van der Waals surface area contributed by atoms with Gasteiger partial charge in [-0.1, -0.05) is 39.2 Å². The molecule has 1 aromatic carbocycles. The molecule has 0 fully saturated rings. The van der Waals surface area contributed by atoms with Crippen LogP contribution in [0.4, 0.5) is 0 Å². The largest absolute Gasteiger partial charge is 0.312 e. The Morgan fingerprint density at radius 2 is 2.18 bits per heavy atom. The van der Waals surface area contributed by atoms with Gasteiger partial charge in [0.2, 0.25) is 0 Å². The molecule has 122 valence electrons. The molecule has 1 N–H and O–H groups in total. The van der Waals surface area contributed by atoms with Crippen LogP contribution in [0.3, 0.4) is 0 Å². The number of hydrogen-bond donors (Lipinski definition) is 1. The van der Waals surface area contributed by atoms with Gasteiger partial charge in [-0.15, -0.1) is 11.8 Å². The van der Waals surface area contributed by atoms with E-state index in [0.717, 1.165) is 38.1 Å². The summed E-state index contributed by atoms with van der Waals surface area (Å²) >= 11 is 1.83. The van der Waals surface area contributed by atoms with Crippen LogP contribution < -0.4 is 5.32 Å². The van der Waals surface area contributed by atoms with E-state index in [1.54, 1.807) is 0 Å². The standard InChI is InChI=1S/C19H29NOS/c1-3-5-15(4-2)12-18(21)9-11-22-19-7-6-17-14-20-10-8-16(17)13-19/h6-7,13,15,20H,3-5,8-12,14H2,1-2H3. The smallest absolute Gasteiger partial charge is 0.134 e. The molecule has 1 aliphatic rings. The zero-order valence-corrected chi connectivity index (χ0v) is 14.8. The normalized spacial score (nSPS) is 15.4. The number of nitrogens with one attached hydrogen (secondary N) is 1. The van der Waals surface area contributed by atoms with Gasteiger partial charge in [-0.25, -0.2) is 0 Å². The summed E-state index contributed by atoms with van der Waals surface area (Å²) < 4.78 is 0. The molecule has 0 radical (unpaired) electrons. The number of fused-ring (bicyclic) bond motifs is 1. The van der Waals surface area contributed by atoms with Crippen molar-refractivity contribution in [3.05, 3.63) is 29.3 Å². The second-order valence-corrected chi connectivity index (χ2v) is 7.43. The summed E-state index contributed by atoms with van der Waals surface area (Å²) in [6, 6.07) is 6.75. The first kappa shape index (κ1) is 17.6. The van der Waals surface area contributed by atoms with Gasteiger partial charge in [0.15, 0.2) is 0 Å². The number of thioether (sulfide) groups is 1. The lowest BCUT2D eigenvalue weighted by Gasteiger charge is -2.17. The maximum Gasteiger partial charge on any atom is 0.134 e. The molecule has 3 heteroatoms. The van der Waals surface area contributed by atoms with E-state index in [1.807, 2.05) is 11.8 Å². The van der Waals surface area contributed by atoms with E-state index < -0.39 is 0 Å². The molecule has 0 saturated carbocycles. The predicted octanol–water partition coefficient (Wildman–Crippen LogP) is 4.60. The Kier molecular flexibility index (Phi) is 7.47. The second-order valence-electron chi connectivity index (χ2n) is 6.26. The molecule has 0 saturated heterocycles. The van der Waals surface area contributed by atoms with E-state index in [0.29, 0.717) is 18.1 Å². The zero-order chi connectivity index (χ0) is 15.8. The Morgan fingerprint density at radius 1 is 1.32 bits per heavy atom. The molecule has 0 aliphatic carbocycles. The van der Waals surface area contributed by atoms with Crippen molar-refractivity contribution in [2.24, 2.45) is 5.92 Å². The molecule has 2 nitrogen and oxygen atoms in total. The first-order valence-corrected chi connectivity index (χ1v) is 9.68. The summed E-state index contributed by atoms with van der Waals surface area (Å²) in [5, 5.41) is 3.40. The van der Waals surface area contributed by atoms with Crippen molar-refractivity contribution in [3.8, 4) is 0 Å². The molecule has 0 spiro atoms. The fourth-order valence-corrected chi connectivity index (χ4v) is 4.06. The molecule has 0 amide bonds. The molecule has 2 rings (SSSR count). The fourth-order valence-electron chi connectivity index (χ4n) is 3.11. The van der Waals surface area contributed by atoms with Gasteiger partial charge in [0, 0.05) is 30.0 Å². The van der Waals surface area contributed by atoms with E-state index in [2.05, 4.69) is 37.4 Å². The van der Waals surface area contributed by atoms with Crippen molar-refractivity contribution >= 4 is 17.5 Å². The van der Waals surface area contributed by atoms with Gasteiger partial charge in [0.25, 0.3) is 0 Å². The summed E-state index contributed by atoms with van der Waals surface area (Å²) in [5.74, 6) is 1.95. The Hall–Kier alpha value is -0.800. The first-order chi connectivity index (χ1) is 10.7. The third-order valence-corrected chi connectivity index (χ3v) is 5.50. The summed E-state index contributed by atoms with van der Waals surface area (Å²) in [7, 11) is 0. The Bertz CT molecular complexity index is 486. The second kappa shape index (κ2) is 9.36. The fraction of sp³-hybridized carbons (Fsp3) is 0.632. The SMILES string of the molecule is CCCC(CC)CC(=O)CCSc1ccc2c(c1)CCNC2. The van der Waals surface area contributed by atoms with E-state index in [1.165, 1.54) is 28.9 Å². The van der Waals surface area contributed by atoms with Crippen molar-refractivity contribution in [3.63, 3.8) is 0 Å². The summed E-state index contributed by atoms with van der Waals surface area (Å²) in [6.07, 6.45) is 6.12. The average Bonchev–Trinajstić information content (AvgIpc) is 2.54. The van der Waals surface area contributed by atoms with Gasteiger partial charge < -0.3 is 5.32 Å². The van der Waals surface area contributed by atoms with Crippen LogP contribution in [0.1, 0.15) is 57.1 Å². The summed E-state index contributed by atoms with van der Waals surface area (Å²) in [5.41, 5.74) is 2.90. The molecule has 1 aliphatic heterocycles. The number of benzene rings is 1. The highest BCUT2D eigenvalue weighted by molar-refractivity contribution is 7.99. The van der Waals surface area contributed by atoms with Crippen LogP contribution in [0.15, 0.2) is 23.1 Å². The summed E-state index contributed by atoms with van der Waals surface area (Å²) in [4.78, 5) is 13.4. The van der Waals surface area contributed by atoms with Gasteiger partial charge in [0.05, 0.1) is 0 Å². The molecule has 22 heavy (non-hydrogen) atoms. The lowest BCUT2D eigenvalue weighted by Crippen LogP contribution is -2.23. The molecular weight excluding hydrogens is 290 g/mol. The van der Waals surface area contributed by atoms with Gasteiger partial charge in [-0.3, -0.25) is 4.79 Å². The van der Waals surface area contributed by atoms with Gasteiger partial charge >= 0.3 is 0 Å². The van der Waals surface area contributed by atoms with Crippen molar-refractivity contribution in [2.75, 3.05) is 12.3 Å². The minimum atomic E-state index is 0.440. The molecular formula is C19H29NOS. The van der Waals surface area contributed by atoms with Crippen LogP contribution in [-0.4, -0.2) is 18.1 Å². The third kappa shape index (κ3) is 5.44. The van der Waals surface area contributed by atoms with E-state index in [-0.39, 0.29) is 0 Å². The van der Waals surface area contributed by atoms with Crippen molar-refractivity contribution in [1.29, 1.82) is 0 Å². The van der Waals surface area contributed by atoms with E-state index in [9.17, 15) is 4.79 Å². The van der Waals surface area contributed by atoms with Crippen molar-refractivity contribution < 1.29 is 4.79 Å². The average molecular weight is 320 g/mol. The monoisotopic (exact) mass is 319 g/mol. The molecule has 0 aromatic heterocycles.